The average molecular weight is 538 g/mol. The number of nitrogens with zero attached hydrogens (tertiary/aromatic N) is 2. The van der Waals surface area contributed by atoms with Crippen LogP contribution in [0.1, 0.15) is 89.9 Å². The van der Waals surface area contributed by atoms with E-state index in [9.17, 15) is 9.18 Å². The number of ether oxygens (including phenoxy) is 1. The number of carboxylic acid groups (broad SMARTS) is 1. The zero-order valence-electron chi connectivity index (χ0n) is 24.7. The fourth-order valence-corrected chi connectivity index (χ4v) is 4.24. The lowest BCUT2D eigenvalue weighted by molar-refractivity contribution is -0.136. The van der Waals surface area contributed by atoms with Gasteiger partial charge in [-0.15, -0.1) is 0 Å². The minimum Gasteiger partial charge on any atom is -0.493 e. The molecule has 0 saturated heterocycles. The summed E-state index contributed by atoms with van der Waals surface area (Å²) in [5, 5.41) is 17.2. The zero-order valence-corrected chi connectivity index (χ0v) is 24.7. The molecule has 6 nitrogen and oxygen atoms in total. The predicted octanol–water partition coefficient (Wildman–Crippen LogP) is 7.33. The second-order valence-corrected chi connectivity index (χ2v) is 12.8. The van der Waals surface area contributed by atoms with Crippen LogP contribution in [-0.2, 0) is 35.1 Å². The van der Waals surface area contributed by atoms with Gasteiger partial charge in [-0.05, 0) is 53.8 Å². The number of rotatable bonds is 11. The maximum Gasteiger partial charge on any atom is 0.303 e. The van der Waals surface area contributed by atoms with E-state index >= 15 is 0 Å². The molecule has 0 aliphatic heterocycles. The summed E-state index contributed by atoms with van der Waals surface area (Å²) in [5.74, 6) is -0.0983. The number of carboxylic acids is 1. The van der Waals surface area contributed by atoms with Crippen molar-refractivity contribution >= 4 is 11.7 Å². The maximum absolute atomic E-state index is 14.5. The molecule has 39 heavy (non-hydrogen) atoms. The number of nitrogens with one attached hydrogen (secondary N) is 1. The van der Waals surface area contributed by atoms with Crippen molar-refractivity contribution in [3.8, 4) is 5.75 Å². The van der Waals surface area contributed by atoms with Crippen LogP contribution < -0.4 is 10.1 Å². The number of halogens is 1. The minimum absolute atomic E-state index is 0.0631. The quantitative estimate of drug-likeness (QED) is 0.268. The first-order chi connectivity index (χ1) is 18.1. The first kappa shape index (κ1) is 30.2. The van der Waals surface area contributed by atoms with E-state index in [1.54, 1.807) is 12.1 Å². The Labute approximate surface area is 232 Å². The third-order valence-electron chi connectivity index (χ3n) is 6.49. The number of anilines is 1. The minimum atomic E-state index is -0.937. The molecule has 0 radical (unpaired) electrons. The summed E-state index contributed by atoms with van der Waals surface area (Å²) < 4.78 is 22.8. The van der Waals surface area contributed by atoms with Gasteiger partial charge in [0.15, 0.2) is 0 Å². The van der Waals surface area contributed by atoms with Gasteiger partial charge in [-0.25, -0.2) is 4.39 Å². The molecule has 0 atom stereocenters. The molecule has 0 amide bonds. The standard InChI is InChI=1S/C32H44FN3O3/c1-21(2)20-39-27-13-9-22(18-34-25-12-10-23(26(33)16-25)11-14-30(37)38)15-24(27)19-36-29(32(6,7)8)17-28(35-36)31(3,4)5/h9-10,12-13,15-17,21,34H,11,14,18-20H2,1-8H3,(H,37,38). The molecule has 3 rings (SSSR count). The zero-order chi connectivity index (χ0) is 29.0. The van der Waals surface area contributed by atoms with Crippen molar-refractivity contribution in [2.24, 2.45) is 5.92 Å². The molecular weight excluding hydrogens is 493 g/mol. The number of hydrogen-bond donors (Lipinski definition) is 2. The van der Waals surface area contributed by atoms with Crippen molar-refractivity contribution in [1.29, 1.82) is 0 Å². The largest absolute Gasteiger partial charge is 0.493 e. The van der Waals surface area contributed by atoms with Crippen LogP contribution in [0.2, 0.25) is 0 Å². The van der Waals surface area contributed by atoms with Crippen molar-refractivity contribution in [2.75, 3.05) is 11.9 Å². The first-order valence-electron chi connectivity index (χ1n) is 13.7. The summed E-state index contributed by atoms with van der Waals surface area (Å²) >= 11 is 0. The van der Waals surface area contributed by atoms with Gasteiger partial charge < -0.3 is 15.2 Å². The normalized spacial score (nSPS) is 12.2. The molecule has 0 aliphatic carbocycles. The molecule has 212 valence electrons. The van der Waals surface area contributed by atoms with E-state index in [1.807, 2.05) is 12.1 Å². The van der Waals surface area contributed by atoms with Crippen LogP contribution in [0.3, 0.4) is 0 Å². The number of benzene rings is 2. The van der Waals surface area contributed by atoms with Gasteiger partial charge in [0.25, 0.3) is 0 Å². The van der Waals surface area contributed by atoms with Gasteiger partial charge in [-0.3, -0.25) is 9.48 Å². The molecule has 1 aromatic heterocycles. The van der Waals surface area contributed by atoms with E-state index in [-0.39, 0.29) is 23.7 Å². The molecule has 0 fully saturated rings. The third-order valence-corrected chi connectivity index (χ3v) is 6.49. The van der Waals surface area contributed by atoms with E-state index in [2.05, 4.69) is 77.5 Å². The second-order valence-electron chi connectivity index (χ2n) is 12.8. The van der Waals surface area contributed by atoms with Gasteiger partial charge in [0.05, 0.1) is 18.8 Å². The van der Waals surface area contributed by atoms with Crippen LogP contribution in [-0.4, -0.2) is 27.5 Å². The van der Waals surface area contributed by atoms with Crippen molar-refractivity contribution in [2.45, 2.75) is 92.2 Å². The summed E-state index contributed by atoms with van der Waals surface area (Å²) in [4.78, 5) is 10.8. The first-order valence-corrected chi connectivity index (χ1v) is 13.7. The van der Waals surface area contributed by atoms with Gasteiger partial charge in [0.2, 0.25) is 0 Å². The molecule has 2 aromatic carbocycles. The topological polar surface area (TPSA) is 76.4 Å². The molecule has 0 aliphatic rings. The highest BCUT2D eigenvalue weighted by Gasteiger charge is 2.26. The van der Waals surface area contributed by atoms with Crippen molar-refractivity contribution in [3.05, 3.63) is 76.4 Å². The molecule has 0 bridgehead atoms. The Hall–Kier alpha value is -3.35. The lowest BCUT2D eigenvalue weighted by Gasteiger charge is -2.21. The van der Waals surface area contributed by atoms with Crippen molar-refractivity contribution < 1.29 is 19.0 Å². The number of aromatic nitrogens is 2. The Morgan fingerprint density at radius 1 is 1.03 bits per heavy atom. The number of aryl methyl sites for hydroxylation is 1. The van der Waals surface area contributed by atoms with Crippen molar-refractivity contribution in [3.63, 3.8) is 0 Å². The lowest BCUT2D eigenvalue weighted by atomic mass is 9.88. The highest BCUT2D eigenvalue weighted by atomic mass is 19.1. The van der Waals surface area contributed by atoms with E-state index in [4.69, 9.17) is 14.9 Å². The van der Waals surface area contributed by atoms with Crippen LogP contribution >= 0.6 is 0 Å². The average Bonchev–Trinajstić information content (AvgIpc) is 3.26. The molecule has 7 heteroatoms. The Bertz CT molecular complexity index is 1280. The summed E-state index contributed by atoms with van der Waals surface area (Å²) in [6.07, 6.45) is 0.0751. The third kappa shape index (κ3) is 8.57. The molecule has 1 heterocycles. The number of hydrogen-bond acceptors (Lipinski definition) is 4. The summed E-state index contributed by atoms with van der Waals surface area (Å²) in [6, 6.07) is 13.2. The van der Waals surface area contributed by atoms with Gasteiger partial charge in [-0.2, -0.15) is 5.10 Å². The summed E-state index contributed by atoms with van der Waals surface area (Å²) in [5.41, 5.74) is 5.22. The van der Waals surface area contributed by atoms with Crippen LogP contribution in [0.4, 0.5) is 10.1 Å². The van der Waals surface area contributed by atoms with Gasteiger partial charge in [-0.1, -0.05) is 67.5 Å². The molecule has 0 unspecified atom stereocenters. The van der Waals surface area contributed by atoms with E-state index in [1.165, 1.54) is 11.8 Å². The van der Waals surface area contributed by atoms with Gasteiger partial charge in [0, 0.05) is 40.7 Å². The Kier molecular flexibility index (Phi) is 9.47. The van der Waals surface area contributed by atoms with Crippen LogP contribution in [0, 0.1) is 11.7 Å². The Morgan fingerprint density at radius 2 is 1.74 bits per heavy atom. The van der Waals surface area contributed by atoms with E-state index in [0.717, 1.165) is 22.6 Å². The van der Waals surface area contributed by atoms with E-state index in [0.29, 0.717) is 36.9 Å². The van der Waals surface area contributed by atoms with Crippen LogP contribution in [0.5, 0.6) is 5.75 Å². The second kappa shape index (κ2) is 12.2. The highest BCUT2D eigenvalue weighted by Crippen LogP contribution is 2.31. The van der Waals surface area contributed by atoms with Crippen LogP contribution in [0.25, 0.3) is 0 Å². The maximum atomic E-state index is 14.5. The fraction of sp³-hybridized carbons (Fsp3) is 0.500. The SMILES string of the molecule is CC(C)COc1ccc(CNc2ccc(CCC(=O)O)c(F)c2)cc1Cn1nc(C(C)(C)C)cc1C(C)(C)C. The fourth-order valence-electron chi connectivity index (χ4n) is 4.24. The summed E-state index contributed by atoms with van der Waals surface area (Å²) in [6.45, 7) is 19.1. The Morgan fingerprint density at radius 3 is 2.33 bits per heavy atom. The molecule has 0 saturated carbocycles. The monoisotopic (exact) mass is 537 g/mol. The molecular formula is C32H44FN3O3. The number of aliphatic carboxylic acids is 1. The smallest absolute Gasteiger partial charge is 0.303 e. The molecule has 2 N–H and O–H groups in total. The van der Waals surface area contributed by atoms with E-state index < -0.39 is 11.8 Å². The summed E-state index contributed by atoms with van der Waals surface area (Å²) in [7, 11) is 0. The molecule has 0 spiro atoms. The van der Waals surface area contributed by atoms with Gasteiger partial charge in [0.1, 0.15) is 11.6 Å². The Balaban J connectivity index is 1.87. The van der Waals surface area contributed by atoms with Crippen molar-refractivity contribution in [1.82, 2.24) is 9.78 Å². The number of carbonyl (C=O) groups is 1. The van der Waals surface area contributed by atoms with Gasteiger partial charge >= 0.3 is 5.97 Å². The lowest BCUT2D eigenvalue weighted by Crippen LogP contribution is -2.19. The molecule has 3 aromatic rings. The van der Waals surface area contributed by atoms with Crippen LogP contribution in [0.15, 0.2) is 42.5 Å². The highest BCUT2D eigenvalue weighted by molar-refractivity contribution is 5.67. The predicted molar refractivity (Wildman–Crippen MR) is 155 cm³/mol.